The maximum Gasteiger partial charge on any atom is 0.309 e. The normalized spacial score (nSPS) is 19.1. The average molecular weight is 860 g/mol. The third-order valence-corrected chi connectivity index (χ3v) is 12.6. The number of hydrogen-bond donors (Lipinski definition) is 2. The van der Waals surface area contributed by atoms with Crippen molar-refractivity contribution in [3.8, 4) is 0 Å². The van der Waals surface area contributed by atoms with Crippen LogP contribution in [0.25, 0.3) is 0 Å². The third-order valence-electron chi connectivity index (χ3n) is 12.6. The second-order valence-corrected chi connectivity index (χ2v) is 18.7. The lowest BCUT2D eigenvalue weighted by atomic mass is 9.83. The van der Waals surface area contributed by atoms with Gasteiger partial charge in [0, 0.05) is 37.5 Å². The molecule has 1 aliphatic heterocycles. The number of esters is 3. The van der Waals surface area contributed by atoms with Crippen LogP contribution in [-0.2, 0) is 33.4 Å². The Hall–Kier alpha value is -1.91. The molecule has 11 heteroatoms. The highest BCUT2D eigenvalue weighted by molar-refractivity contribution is 5.80. The number of quaternary nitrogens is 1. The minimum absolute atomic E-state index is 0. The van der Waals surface area contributed by atoms with Gasteiger partial charge >= 0.3 is 17.9 Å². The SMILES string of the molecule is CCCCCCCCCCCC1C[N+](C)(C)CC1CCC(CCC(CC(=O)OC(CC(O)CCC)CC(CCC)OC(C)=O)C(=O)OCC(CC)CCCC)C(N)=O.[Cl-]. The van der Waals surface area contributed by atoms with E-state index in [2.05, 4.69) is 34.9 Å². The summed E-state index contributed by atoms with van der Waals surface area (Å²) in [6.45, 7) is 14.4. The van der Waals surface area contributed by atoms with Crippen LogP contribution in [0.3, 0.4) is 0 Å². The summed E-state index contributed by atoms with van der Waals surface area (Å²) in [7, 11) is 4.62. The molecule has 1 saturated heterocycles. The summed E-state index contributed by atoms with van der Waals surface area (Å²) < 4.78 is 18.4. The van der Waals surface area contributed by atoms with Crippen molar-refractivity contribution in [3.63, 3.8) is 0 Å². The largest absolute Gasteiger partial charge is 1.00 e. The molecule has 0 bridgehead atoms. The lowest BCUT2D eigenvalue weighted by Gasteiger charge is -2.26. The number of halogens is 1. The number of ether oxygens (including phenoxy) is 3. The molecule has 1 fully saturated rings. The molecular formula is C48H91ClN2O8. The van der Waals surface area contributed by atoms with Crippen LogP contribution in [0.15, 0.2) is 0 Å². The van der Waals surface area contributed by atoms with Gasteiger partial charge in [0.05, 0.1) is 52.2 Å². The van der Waals surface area contributed by atoms with Crippen LogP contribution < -0.4 is 18.1 Å². The van der Waals surface area contributed by atoms with Crippen LogP contribution >= 0.6 is 0 Å². The van der Waals surface area contributed by atoms with Gasteiger partial charge in [0.25, 0.3) is 0 Å². The fraction of sp³-hybridized carbons (Fsp3) is 0.917. The molecule has 0 aromatic carbocycles. The van der Waals surface area contributed by atoms with E-state index in [4.69, 9.17) is 19.9 Å². The van der Waals surface area contributed by atoms with E-state index in [-0.39, 0.29) is 49.9 Å². The Morgan fingerprint density at radius 3 is 1.80 bits per heavy atom. The van der Waals surface area contributed by atoms with Crippen LogP contribution in [0.1, 0.15) is 202 Å². The van der Waals surface area contributed by atoms with Gasteiger partial charge in [-0.2, -0.15) is 0 Å². The molecule has 0 radical (unpaired) electrons. The molecule has 348 valence electrons. The van der Waals surface area contributed by atoms with Crippen LogP contribution in [0.5, 0.6) is 0 Å². The topological polar surface area (TPSA) is 142 Å². The Labute approximate surface area is 367 Å². The zero-order valence-corrected chi connectivity index (χ0v) is 39.9. The molecule has 0 aromatic heterocycles. The average Bonchev–Trinajstić information content (AvgIpc) is 3.45. The van der Waals surface area contributed by atoms with E-state index in [0.29, 0.717) is 44.1 Å². The van der Waals surface area contributed by atoms with Gasteiger partial charge in [-0.3, -0.25) is 19.2 Å². The Kier molecular flexibility index (Phi) is 32.6. The number of unbranched alkanes of at least 4 members (excludes halogenated alkanes) is 9. The minimum Gasteiger partial charge on any atom is -1.00 e. The van der Waals surface area contributed by atoms with Gasteiger partial charge in [-0.15, -0.1) is 0 Å². The van der Waals surface area contributed by atoms with Crippen molar-refractivity contribution >= 4 is 23.8 Å². The number of nitrogens with zero attached hydrogens (tertiary/aromatic N) is 1. The fourth-order valence-electron chi connectivity index (χ4n) is 9.24. The molecule has 0 saturated carbocycles. The van der Waals surface area contributed by atoms with Gasteiger partial charge in [0.15, 0.2) is 0 Å². The highest BCUT2D eigenvalue weighted by Crippen LogP contribution is 2.36. The maximum atomic E-state index is 13.7. The zero-order valence-electron chi connectivity index (χ0n) is 39.1. The van der Waals surface area contributed by atoms with Gasteiger partial charge in [-0.1, -0.05) is 125 Å². The van der Waals surface area contributed by atoms with Crippen molar-refractivity contribution in [3.05, 3.63) is 0 Å². The maximum absolute atomic E-state index is 13.7. The zero-order chi connectivity index (χ0) is 43.3. The number of primary amides is 1. The molecule has 10 nitrogen and oxygen atoms in total. The lowest BCUT2D eigenvalue weighted by Crippen LogP contribution is -3.00. The van der Waals surface area contributed by atoms with Crippen molar-refractivity contribution in [2.24, 2.45) is 35.3 Å². The highest BCUT2D eigenvalue weighted by Gasteiger charge is 2.40. The molecule has 8 atom stereocenters. The van der Waals surface area contributed by atoms with E-state index < -0.39 is 48.1 Å². The van der Waals surface area contributed by atoms with E-state index in [9.17, 15) is 24.3 Å². The monoisotopic (exact) mass is 859 g/mol. The number of aliphatic hydroxyl groups excluding tert-OH is 1. The van der Waals surface area contributed by atoms with Crippen LogP contribution in [0, 0.1) is 29.6 Å². The highest BCUT2D eigenvalue weighted by atomic mass is 35.5. The van der Waals surface area contributed by atoms with Crippen LogP contribution in [-0.4, -0.2) is 85.5 Å². The molecule has 0 spiro atoms. The van der Waals surface area contributed by atoms with Crippen molar-refractivity contribution in [2.75, 3.05) is 33.8 Å². The molecular weight excluding hydrogens is 768 g/mol. The number of likely N-dealkylation sites (tertiary alicyclic amines) is 1. The first-order valence-corrected chi connectivity index (χ1v) is 24.0. The van der Waals surface area contributed by atoms with E-state index in [1.165, 1.54) is 71.1 Å². The Morgan fingerprint density at radius 2 is 1.24 bits per heavy atom. The van der Waals surface area contributed by atoms with Gasteiger partial charge in [0.1, 0.15) is 12.2 Å². The van der Waals surface area contributed by atoms with Gasteiger partial charge in [-0.25, -0.2) is 0 Å². The lowest BCUT2D eigenvalue weighted by molar-refractivity contribution is -0.880. The van der Waals surface area contributed by atoms with E-state index in [1.54, 1.807) is 0 Å². The molecule has 1 rings (SSSR count). The molecule has 8 unspecified atom stereocenters. The molecule has 1 amide bonds. The first kappa shape index (κ1) is 57.1. The minimum atomic E-state index is -0.791. The smallest absolute Gasteiger partial charge is 0.309 e. The molecule has 0 aromatic rings. The Morgan fingerprint density at radius 1 is 0.661 bits per heavy atom. The summed E-state index contributed by atoms with van der Waals surface area (Å²) in [5.41, 5.74) is 6.03. The summed E-state index contributed by atoms with van der Waals surface area (Å²) in [4.78, 5) is 52.2. The van der Waals surface area contributed by atoms with Gasteiger partial charge < -0.3 is 41.9 Å². The number of nitrogens with two attached hydrogens (primary N) is 1. The molecule has 1 heterocycles. The summed E-state index contributed by atoms with van der Waals surface area (Å²) in [5, 5.41) is 10.7. The molecule has 3 N–H and O–H groups in total. The number of rotatable bonds is 36. The molecule has 59 heavy (non-hydrogen) atoms. The summed E-state index contributed by atoms with van der Waals surface area (Å²) >= 11 is 0. The van der Waals surface area contributed by atoms with Gasteiger partial charge in [0.2, 0.25) is 5.91 Å². The first-order valence-electron chi connectivity index (χ1n) is 24.0. The third kappa shape index (κ3) is 26.9. The Bertz CT molecular complexity index is 1120. The second kappa shape index (κ2) is 33.7. The van der Waals surface area contributed by atoms with Gasteiger partial charge in [-0.05, 0) is 57.3 Å². The van der Waals surface area contributed by atoms with Crippen molar-refractivity contribution < 1.29 is 55.4 Å². The predicted molar refractivity (Wildman–Crippen MR) is 235 cm³/mol. The number of amides is 1. The summed E-state index contributed by atoms with van der Waals surface area (Å²) in [6, 6.07) is 0. The standard InChI is InChI=1S/C48H90N2O8.ClH/c1-9-14-16-17-18-19-20-21-22-26-41-34-50(7,8)35-42(41)30-28-39(47(49)54)27-29-40(48(55)56-36-38(13-5)25-15-10-2)31-46(53)58-45(32-43(52)23-11-3)33-44(24-12-4)57-37(6)51;/h38-45,52H,9-36H2,1-8H3,(H-,49,54);1H. The quantitative estimate of drug-likeness (QED) is 0.0291. The predicted octanol–water partition coefficient (Wildman–Crippen LogP) is 7.25. The molecule has 0 aliphatic carbocycles. The number of carbonyl (C=O) groups excluding carboxylic acids is 4. The van der Waals surface area contributed by atoms with E-state index in [1.807, 2.05) is 13.8 Å². The first-order chi connectivity index (χ1) is 27.7. The van der Waals surface area contributed by atoms with E-state index >= 15 is 0 Å². The van der Waals surface area contributed by atoms with Crippen molar-refractivity contribution in [2.45, 2.75) is 220 Å². The Balaban J connectivity index is 0.0000336. The van der Waals surface area contributed by atoms with Crippen LogP contribution in [0.4, 0.5) is 0 Å². The van der Waals surface area contributed by atoms with Crippen molar-refractivity contribution in [1.82, 2.24) is 0 Å². The summed E-state index contributed by atoms with van der Waals surface area (Å²) in [6.07, 6.45) is 20.6. The fourth-order valence-corrected chi connectivity index (χ4v) is 9.24. The van der Waals surface area contributed by atoms with Crippen LogP contribution in [0.2, 0.25) is 0 Å². The second-order valence-electron chi connectivity index (χ2n) is 18.7. The van der Waals surface area contributed by atoms with Crippen molar-refractivity contribution in [1.29, 1.82) is 0 Å². The number of carbonyl (C=O) groups is 4. The number of hydrogen-bond acceptors (Lipinski definition) is 8. The number of aliphatic hydroxyl groups is 1. The molecule has 1 aliphatic rings. The van der Waals surface area contributed by atoms with E-state index in [0.717, 1.165) is 62.5 Å². The summed E-state index contributed by atoms with van der Waals surface area (Å²) in [5.74, 6) is -1.57.